The fourth-order valence-corrected chi connectivity index (χ4v) is 3.73. The van der Waals surface area contributed by atoms with E-state index in [1.807, 2.05) is 11.8 Å². The first-order valence-electron chi connectivity index (χ1n) is 7.68. The molecule has 4 heteroatoms. The van der Waals surface area contributed by atoms with Gasteiger partial charge in [-0.2, -0.15) is 0 Å². The van der Waals surface area contributed by atoms with Crippen molar-refractivity contribution < 1.29 is 9.53 Å². The van der Waals surface area contributed by atoms with Gasteiger partial charge in [0.25, 0.3) is 0 Å². The highest BCUT2D eigenvalue weighted by Crippen LogP contribution is 2.23. The Morgan fingerprint density at radius 3 is 2.95 bits per heavy atom. The zero-order valence-electron chi connectivity index (χ0n) is 12.8. The van der Waals surface area contributed by atoms with Crippen LogP contribution < -0.4 is 0 Å². The van der Waals surface area contributed by atoms with Crippen LogP contribution in [-0.2, 0) is 15.3 Å². The van der Waals surface area contributed by atoms with Gasteiger partial charge in [-0.1, -0.05) is 42.5 Å². The van der Waals surface area contributed by atoms with E-state index in [4.69, 9.17) is 4.74 Å². The number of hydrogen-bond acceptors (Lipinski definition) is 3. The van der Waals surface area contributed by atoms with Gasteiger partial charge in [-0.25, -0.2) is 0 Å². The zero-order chi connectivity index (χ0) is 15.4. The Balaban J connectivity index is 1.57. The van der Waals surface area contributed by atoms with Crippen molar-refractivity contribution in [1.82, 2.24) is 4.90 Å². The molecule has 3 rings (SSSR count). The third kappa shape index (κ3) is 3.62. The van der Waals surface area contributed by atoms with Crippen LogP contribution in [0.15, 0.2) is 42.5 Å². The maximum absolute atomic E-state index is 12.2. The lowest BCUT2D eigenvalue weighted by Crippen LogP contribution is -2.45. The van der Waals surface area contributed by atoms with Gasteiger partial charge >= 0.3 is 0 Å². The lowest BCUT2D eigenvalue weighted by molar-refractivity contribution is -0.135. The number of rotatable bonds is 4. The molecule has 1 heterocycles. The van der Waals surface area contributed by atoms with E-state index >= 15 is 0 Å². The Morgan fingerprint density at radius 2 is 2.09 bits per heavy atom. The van der Waals surface area contributed by atoms with Crippen LogP contribution in [-0.4, -0.2) is 42.4 Å². The van der Waals surface area contributed by atoms with Gasteiger partial charge in [-0.15, -0.1) is 11.8 Å². The molecule has 0 spiro atoms. The van der Waals surface area contributed by atoms with Crippen LogP contribution in [0, 0.1) is 0 Å². The van der Waals surface area contributed by atoms with Crippen LogP contribution in [0.2, 0.25) is 0 Å². The van der Waals surface area contributed by atoms with E-state index < -0.39 is 0 Å². The molecule has 0 radical (unpaired) electrons. The van der Waals surface area contributed by atoms with Crippen LogP contribution in [0.3, 0.4) is 0 Å². The van der Waals surface area contributed by atoms with E-state index in [1.165, 1.54) is 16.3 Å². The maximum atomic E-state index is 12.2. The van der Waals surface area contributed by atoms with Crippen molar-refractivity contribution in [2.75, 3.05) is 25.4 Å². The van der Waals surface area contributed by atoms with E-state index in [2.05, 4.69) is 42.5 Å². The number of ether oxygens (including phenoxy) is 1. The van der Waals surface area contributed by atoms with Crippen molar-refractivity contribution in [2.24, 2.45) is 0 Å². The number of fused-ring (bicyclic) bond motifs is 1. The monoisotopic (exact) mass is 315 g/mol. The Morgan fingerprint density at radius 1 is 1.27 bits per heavy atom. The summed E-state index contributed by atoms with van der Waals surface area (Å²) in [5.41, 5.74) is 1.30. The first-order chi connectivity index (χ1) is 10.7. The highest BCUT2D eigenvalue weighted by Gasteiger charge is 2.20. The van der Waals surface area contributed by atoms with Crippen LogP contribution in [0.4, 0.5) is 0 Å². The average Bonchev–Trinajstić information content (AvgIpc) is 2.55. The summed E-state index contributed by atoms with van der Waals surface area (Å²) in [5.74, 6) is 1.63. The van der Waals surface area contributed by atoms with Crippen molar-refractivity contribution >= 4 is 28.4 Å². The molecule has 1 amide bonds. The third-order valence-corrected chi connectivity index (χ3v) is 4.92. The van der Waals surface area contributed by atoms with Crippen LogP contribution in [0.1, 0.15) is 12.5 Å². The molecule has 22 heavy (non-hydrogen) atoms. The fourth-order valence-electron chi connectivity index (χ4n) is 2.80. The normalized spacial score (nSPS) is 18.6. The summed E-state index contributed by atoms with van der Waals surface area (Å²) in [6.07, 6.45) is 0.153. The Kier molecular flexibility index (Phi) is 5.01. The summed E-state index contributed by atoms with van der Waals surface area (Å²) < 4.78 is 5.48. The molecule has 1 fully saturated rings. The largest absolute Gasteiger partial charge is 0.375 e. The van der Waals surface area contributed by atoms with Crippen LogP contribution >= 0.6 is 11.8 Å². The van der Waals surface area contributed by atoms with Crippen molar-refractivity contribution in [3.8, 4) is 0 Å². The number of nitrogens with zero attached hydrogens (tertiary/aromatic N) is 1. The van der Waals surface area contributed by atoms with Crippen LogP contribution in [0.25, 0.3) is 10.8 Å². The topological polar surface area (TPSA) is 29.5 Å². The molecule has 3 nitrogen and oxygen atoms in total. The van der Waals surface area contributed by atoms with Gasteiger partial charge in [0, 0.05) is 18.8 Å². The van der Waals surface area contributed by atoms with Gasteiger partial charge in [-0.05, 0) is 23.3 Å². The predicted molar refractivity (Wildman–Crippen MR) is 92.1 cm³/mol. The quantitative estimate of drug-likeness (QED) is 0.867. The molecule has 1 saturated heterocycles. The minimum Gasteiger partial charge on any atom is -0.375 e. The minimum atomic E-state index is 0.153. The number of thioether (sulfide) groups is 1. The molecule has 0 aromatic heterocycles. The average molecular weight is 315 g/mol. The number of morpholine rings is 1. The Hall–Kier alpha value is -1.52. The molecular weight excluding hydrogens is 294 g/mol. The van der Waals surface area contributed by atoms with Gasteiger partial charge in [-0.3, -0.25) is 4.79 Å². The van der Waals surface area contributed by atoms with E-state index in [9.17, 15) is 4.79 Å². The fraction of sp³-hybridized carbons (Fsp3) is 0.389. The summed E-state index contributed by atoms with van der Waals surface area (Å²) in [5, 5.41) is 2.54. The number of hydrogen-bond donors (Lipinski definition) is 0. The second-order valence-electron chi connectivity index (χ2n) is 5.65. The lowest BCUT2D eigenvalue weighted by Gasteiger charge is -2.31. The summed E-state index contributed by atoms with van der Waals surface area (Å²) in [7, 11) is 0. The summed E-state index contributed by atoms with van der Waals surface area (Å²) >= 11 is 1.69. The van der Waals surface area contributed by atoms with Crippen LogP contribution in [0.5, 0.6) is 0 Å². The molecule has 0 N–H and O–H groups in total. The van der Waals surface area contributed by atoms with Gasteiger partial charge in [0.15, 0.2) is 0 Å². The Labute approximate surface area is 135 Å². The molecule has 2 aromatic rings. The first-order valence-corrected chi connectivity index (χ1v) is 8.83. The number of carbonyl (C=O) groups excluding carboxylic acids is 1. The van der Waals surface area contributed by atoms with Crippen molar-refractivity contribution in [3.63, 3.8) is 0 Å². The molecule has 2 aromatic carbocycles. The molecule has 1 aliphatic rings. The third-order valence-electron chi connectivity index (χ3n) is 3.96. The molecule has 1 unspecified atom stereocenters. The zero-order valence-corrected chi connectivity index (χ0v) is 13.6. The van der Waals surface area contributed by atoms with Gasteiger partial charge in [0.2, 0.25) is 5.91 Å². The second kappa shape index (κ2) is 7.16. The molecule has 116 valence electrons. The smallest absolute Gasteiger partial charge is 0.232 e. The van der Waals surface area contributed by atoms with E-state index in [0.717, 1.165) is 12.3 Å². The van der Waals surface area contributed by atoms with Crippen molar-refractivity contribution in [1.29, 1.82) is 0 Å². The SMILES string of the molecule is CC1CN(C(=O)CSCc2cccc3ccccc23)CCO1. The van der Waals surface area contributed by atoms with Crippen molar-refractivity contribution in [2.45, 2.75) is 18.8 Å². The standard InChI is InChI=1S/C18H21NO2S/c1-14-11-19(9-10-21-14)18(20)13-22-12-16-7-4-6-15-5-2-3-8-17(15)16/h2-8,14H,9-13H2,1H3. The van der Waals surface area contributed by atoms with Gasteiger partial charge in [0.1, 0.15) is 0 Å². The first kappa shape index (κ1) is 15.4. The second-order valence-corrected chi connectivity index (χ2v) is 6.64. The molecule has 0 saturated carbocycles. The van der Waals surface area contributed by atoms with E-state index in [1.54, 1.807) is 11.8 Å². The number of benzene rings is 2. The maximum Gasteiger partial charge on any atom is 0.232 e. The summed E-state index contributed by atoms with van der Waals surface area (Å²) in [6.45, 7) is 4.11. The summed E-state index contributed by atoms with van der Waals surface area (Å²) in [4.78, 5) is 14.2. The van der Waals surface area contributed by atoms with Gasteiger partial charge in [0.05, 0.1) is 18.5 Å². The molecule has 0 aliphatic carbocycles. The lowest BCUT2D eigenvalue weighted by atomic mass is 10.1. The minimum absolute atomic E-state index is 0.153. The van der Waals surface area contributed by atoms with Gasteiger partial charge < -0.3 is 9.64 Å². The summed E-state index contributed by atoms with van der Waals surface area (Å²) in [6, 6.07) is 14.8. The van der Waals surface area contributed by atoms with E-state index in [0.29, 0.717) is 18.9 Å². The molecule has 1 atom stereocenters. The van der Waals surface area contributed by atoms with E-state index in [-0.39, 0.29) is 12.0 Å². The predicted octanol–water partition coefficient (Wildman–Crippen LogP) is 3.32. The highest BCUT2D eigenvalue weighted by molar-refractivity contribution is 7.99. The number of amides is 1. The molecule has 0 bridgehead atoms. The van der Waals surface area contributed by atoms with Crippen molar-refractivity contribution in [3.05, 3.63) is 48.0 Å². The molecule has 1 aliphatic heterocycles. The molecular formula is C18H21NO2S. The Bertz CT molecular complexity index is 653. The number of carbonyl (C=O) groups is 1. The highest BCUT2D eigenvalue weighted by atomic mass is 32.2.